The van der Waals surface area contributed by atoms with Crippen molar-refractivity contribution in [2.75, 3.05) is 6.61 Å². The number of aliphatic hydroxyl groups excluding tert-OH is 1. The van der Waals surface area contributed by atoms with Gasteiger partial charge in [0.2, 0.25) is 0 Å². The van der Waals surface area contributed by atoms with Crippen molar-refractivity contribution in [2.45, 2.75) is 26.4 Å². The number of aliphatic hydroxyl groups is 1. The maximum Gasteiger partial charge on any atom is 0.338 e. The number of likely N-dealkylation sites (tertiary alicyclic amines) is 1. The van der Waals surface area contributed by atoms with Crippen molar-refractivity contribution in [2.24, 2.45) is 0 Å². The summed E-state index contributed by atoms with van der Waals surface area (Å²) in [4.78, 5) is 39.6. The number of rotatable bonds is 6. The van der Waals surface area contributed by atoms with Crippen LogP contribution in [0.4, 0.5) is 0 Å². The Balaban J connectivity index is 1.74. The van der Waals surface area contributed by atoms with E-state index in [9.17, 15) is 19.5 Å². The van der Waals surface area contributed by atoms with Crippen molar-refractivity contribution in [3.05, 3.63) is 112 Å². The van der Waals surface area contributed by atoms with Crippen molar-refractivity contribution in [1.82, 2.24) is 4.90 Å². The zero-order valence-electron chi connectivity index (χ0n) is 19.0. The van der Waals surface area contributed by atoms with Crippen molar-refractivity contribution in [3.8, 4) is 0 Å². The number of esters is 1. The first-order valence-corrected chi connectivity index (χ1v) is 11.1. The number of hydrogen-bond acceptors (Lipinski definition) is 5. The van der Waals surface area contributed by atoms with Crippen LogP contribution in [0.25, 0.3) is 5.76 Å². The Morgan fingerprint density at radius 3 is 2.15 bits per heavy atom. The summed E-state index contributed by atoms with van der Waals surface area (Å²) < 4.78 is 5.02. The summed E-state index contributed by atoms with van der Waals surface area (Å²) >= 11 is 0. The van der Waals surface area contributed by atoms with E-state index in [1.54, 1.807) is 43.3 Å². The molecule has 0 radical (unpaired) electrons. The fourth-order valence-electron chi connectivity index (χ4n) is 4.05. The maximum absolute atomic E-state index is 13.1. The molecule has 0 aliphatic carbocycles. The van der Waals surface area contributed by atoms with Crippen LogP contribution in [0, 0.1) is 6.92 Å². The molecule has 1 N–H and O–H groups in total. The largest absolute Gasteiger partial charge is 0.507 e. The molecule has 1 fully saturated rings. The van der Waals surface area contributed by atoms with E-state index in [1.807, 2.05) is 49.4 Å². The average Bonchev–Trinajstić information content (AvgIpc) is 3.10. The van der Waals surface area contributed by atoms with Crippen molar-refractivity contribution >= 4 is 23.4 Å². The maximum atomic E-state index is 13.1. The van der Waals surface area contributed by atoms with E-state index in [0.717, 1.165) is 16.7 Å². The second-order valence-corrected chi connectivity index (χ2v) is 8.12. The number of carbonyl (C=O) groups is 3. The predicted octanol–water partition coefficient (Wildman–Crippen LogP) is 4.79. The minimum absolute atomic E-state index is 0.0585. The molecule has 6 nitrogen and oxygen atoms in total. The van der Waals surface area contributed by atoms with E-state index in [-0.39, 0.29) is 24.5 Å². The summed E-state index contributed by atoms with van der Waals surface area (Å²) in [5.41, 5.74) is 3.42. The number of nitrogens with zero attached hydrogens (tertiary/aromatic N) is 1. The zero-order chi connectivity index (χ0) is 24.2. The highest BCUT2D eigenvalue weighted by Gasteiger charge is 2.46. The van der Waals surface area contributed by atoms with Crippen LogP contribution in [0.3, 0.4) is 0 Å². The Hall–Kier alpha value is -4.19. The average molecular weight is 456 g/mol. The van der Waals surface area contributed by atoms with Gasteiger partial charge in [-0.2, -0.15) is 0 Å². The van der Waals surface area contributed by atoms with E-state index in [4.69, 9.17) is 4.74 Å². The van der Waals surface area contributed by atoms with Gasteiger partial charge in [-0.15, -0.1) is 0 Å². The van der Waals surface area contributed by atoms with E-state index in [0.29, 0.717) is 11.1 Å². The summed E-state index contributed by atoms with van der Waals surface area (Å²) in [5, 5.41) is 11.1. The quantitative estimate of drug-likeness (QED) is 0.250. The van der Waals surface area contributed by atoms with Gasteiger partial charge in [-0.1, -0.05) is 72.3 Å². The Kier molecular flexibility index (Phi) is 6.59. The molecule has 1 aliphatic rings. The normalized spacial score (nSPS) is 17.1. The van der Waals surface area contributed by atoms with Crippen LogP contribution >= 0.6 is 0 Å². The SMILES string of the molecule is CCOC(=O)c1ccc(CN2C(=O)C(=O)/C(=C(/O)c3ccc(C)cc3)C2c2ccccc2)cc1. The van der Waals surface area contributed by atoms with Crippen LogP contribution in [-0.2, 0) is 20.9 Å². The second-order valence-electron chi connectivity index (χ2n) is 8.12. The molecule has 4 rings (SSSR count). The van der Waals surface area contributed by atoms with Gasteiger partial charge in [-0.05, 0) is 37.1 Å². The van der Waals surface area contributed by atoms with Crippen LogP contribution in [0.2, 0.25) is 0 Å². The number of carbonyl (C=O) groups excluding carboxylic acids is 3. The fourth-order valence-corrected chi connectivity index (χ4v) is 4.05. The molecule has 1 amide bonds. The number of amides is 1. The molecule has 0 spiro atoms. The van der Waals surface area contributed by atoms with Gasteiger partial charge in [0.15, 0.2) is 0 Å². The molecule has 3 aromatic carbocycles. The van der Waals surface area contributed by atoms with Crippen LogP contribution < -0.4 is 0 Å². The molecule has 0 aromatic heterocycles. The number of aryl methyl sites for hydroxylation is 1. The lowest BCUT2D eigenvalue weighted by molar-refractivity contribution is -0.140. The molecule has 172 valence electrons. The number of ether oxygens (including phenoxy) is 1. The van der Waals surface area contributed by atoms with E-state index in [2.05, 4.69) is 0 Å². The summed E-state index contributed by atoms with van der Waals surface area (Å²) in [6.45, 7) is 4.09. The standard InChI is InChI=1S/C28H25NO5/c1-3-34-28(33)22-15-11-19(12-16-22)17-29-24(20-7-5-4-6-8-20)23(26(31)27(29)32)25(30)21-13-9-18(2)10-14-21/h4-16,24,30H,3,17H2,1-2H3/b25-23+. The zero-order valence-corrected chi connectivity index (χ0v) is 19.0. The van der Waals surface area contributed by atoms with Gasteiger partial charge in [0.05, 0.1) is 23.8 Å². The molecular weight excluding hydrogens is 430 g/mol. The van der Waals surface area contributed by atoms with E-state index < -0.39 is 23.7 Å². The highest BCUT2D eigenvalue weighted by atomic mass is 16.5. The third kappa shape index (κ3) is 4.48. The molecule has 1 atom stereocenters. The number of benzene rings is 3. The highest BCUT2D eigenvalue weighted by Crippen LogP contribution is 2.40. The highest BCUT2D eigenvalue weighted by molar-refractivity contribution is 6.46. The molecular formula is C28H25NO5. The minimum Gasteiger partial charge on any atom is -0.507 e. The van der Waals surface area contributed by atoms with Crippen molar-refractivity contribution < 1.29 is 24.2 Å². The lowest BCUT2D eigenvalue weighted by Crippen LogP contribution is -2.29. The topological polar surface area (TPSA) is 83.9 Å². The summed E-state index contributed by atoms with van der Waals surface area (Å²) in [7, 11) is 0. The van der Waals surface area contributed by atoms with Gasteiger partial charge in [0.1, 0.15) is 5.76 Å². The van der Waals surface area contributed by atoms with Crippen molar-refractivity contribution in [1.29, 1.82) is 0 Å². The second kappa shape index (κ2) is 9.75. The van der Waals surface area contributed by atoms with Gasteiger partial charge in [0.25, 0.3) is 11.7 Å². The molecule has 1 saturated heterocycles. The molecule has 0 saturated carbocycles. The molecule has 1 heterocycles. The smallest absolute Gasteiger partial charge is 0.338 e. The van der Waals surface area contributed by atoms with Gasteiger partial charge in [-0.3, -0.25) is 9.59 Å². The van der Waals surface area contributed by atoms with E-state index in [1.165, 1.54) is 4.90 Å². The molecule has 1 aliphatic heterocycles. The number of Topliss-reactive ketones (excluding diaryl/α,β-unsaturated/α-hetero) is 1. The molecule has 34 heavy (non-hydrogen) atoms. The Bertz CT molecular complexity index is 1240. The Labute approximate surface area is 198 Å². The van der Waals surface area contributed by atoms with Gasteiger partial charge in [-0.25, -0.2) is 4.79 Å². The first kappa shape index (κ1) is 23.0. The number of ketones is 1. The van der Waals surface area contributed by atoms with Crippen LogP contribution in [-0.4, -0.2) is 34.3 Å². The third-order valence-corrected chi connectivity index (χ3v) is 5.80. The van der Waals surface area contributed by atoms with Gasteiger partial charge >= 0.3 is 5.97 Å². The Morgan fingerprint density at radius 2 is 1.53 bits per heavy atom. The van der Waals surface area contributed by atoms with E-state index >= 15 is 0 Å². The Morgan fingerprint density at radius 1 is 0.912 bits per heavy atom. The predicted molar refractivity (Wildman–Crippen MR) is 128 cm³/mol. The first-order valence-electron chi connectivity index (χ1n) is 11.1. The third-order valence-electron chi connectivity index (χ3n) is 5.80. The minimum atomic E-state index is -0.743. The van der Waals surface area contributed by atoms with Gasteiger partial charge < -0.3 is 14.7 Å². The molecule has 0 bridgehead atoms. The summed E-state index contributed by atoms with van der Waals surface area (Å²) in [6.07, 6.45) is 0. The lowest BCUT2D eigenvalue weighted by atomic mass is 9.95. The summed E-state index contributed by atoms with van der Waals surface area (Å²) in [5.74, 6) is -2.03. The summed E-state index contributed by atoms with van der Waals surface area (Å²) in [6, 6.07) is 22.3. The van der Waals surface area contributed by atoms with Gasteiger partial charge in [0, 0.05) is 12.1 Å². The fraction of sp³-hybridized carbons (Fsp3) is 0.179. The monoisotopic (exact) mass is 455 g/mol. The van der Waals surface area contributed by atoms with Crippen LogP contribution in [0.15, 0.2) is 84.4 Å². The molecule has 6 heteroatoms. The first-order chi connectivity index (χ1) is 16.4. The van der Waals surface area contributed by atoms with Crippen molar-refractivity contribution in [3.63, 3.8) is 0 Å². The van der Waals surface area contributed by atoms with Crippen LogP contribution in [0.5, 0.6) is 0 Å². The van der Waals surface area contributed by atoms with Crippen LogP contribution in [0.1, 0.15) is 45.6 Å². The lowest BCUT2D eigenvalue weighted by Gasteiger charge is -2.25. The number of hydrogen-bond donors (Lipinski definition) is 1. The molecule has 1 unspecified atom stereocenters. The molecule has 3 aromatic rings.